The first-order chi connectivity index (χ1) is 7.17. The number of nitrogens with zero attached hydrogens (tertiary/aromatic N) is 2. The van der Waals surface area contributed by atoms with Crippen LogP contribution in [0.2, 0.25) is 0 Å². The second-order valence-corrected chi connectivity index (χ2v) is 4.33. The van der Waals surface area contributed by atoms with Gasteiger partial charge in [-0.2, -0.15) is 0 Å². The number of imidazole rings is 1. The summed E-state index contributed by atoms with van der Waals surface area (Å²) in [6.45, 7) is 7.50. The highest BCUT2D eigenvalue weighted by atomic mass is 15.2. The van der Waals surface area contributed by atoms with Gasteiger partial charge in [-0.3, -0.25) is 11.3 Å². The molecule has 1 unspecified atom stereocenters. The first-order valence-electron chi connectivity index (χ1n) is 5.63. The van der Waals surface area contributed by atoms with Crippen molar-refractivity contribution in [1.29, 1.82) is 0 Å². The van der Waals surface area contributed by atoms with Crippen molar-refractivity contribution >= 4 is 0 Å². The maximum atomic E-state index is 5.54. The molecule has 0 bridgehead atoms. The van der Waals surface area contributed by atoms with Gasteiger partial charge in [-0.15, -0.1) is 0 Å². The second-order valence-electron chi connectivity index (χ2n) is 4.33. The highest BCUT2D eigenvalue weighted by Gasteiger charge is 2.12. The van der Waals surface area contributed by atoms with E-state index in [0.717, 1.165) is 25.2 Å². The predicted molar refractivity (Wildman–Crippen MR) is 62.2 cm³/mol. The Morgan fingerprint density at radius 1 is 1.53 bits per heavy atom. The zero-order valence-corrected chi connectivity index (χ0v) is 9.90. The molecule has 0 spiro atoms. The summed E-state index contributed by atoms with van der Waals surface area (Å²) < 4.78 is 2.16. The number of hydrogen-bond donors (Lipinski definition) is 2. The lowest BCUT2D eigenvalue weighted by Gasteiger charge is -2.18. The van der Waals surface area contributed by atoms with Crippen molar-refractivity contribution in [3.05, 3.63) is 18.2 Å². The first-order valence-corrected chi connectivity index (χ1v) is 5.63. The summed E-state index contributed by atoms with van der Waals surface area (Å²) in [7, 11) is 0. The lowest BCUT2D eigenvalue weighted by atomic mass is 10.0. The van der Waals surface area contributed by atoms with Crippen LogP contribution in [0.15, 0.2) is 12.4 Å². The molecule has 1 atom stereocenters. The Kier molecular flexibility index (Phi) is 4.78. The summed E-state index contributed by atoms with van der Waals surface area (Å²) in [5.41, 5.74) is 2.87. The Hall–Kier alpha value is -0.870. The minimum absolute atomic E-state index is 0.317. The van der Waals surface area contributed by atoms with E-state index in [9.17, 15) is 0 Å². The van der Waals surface area contributed by atoms with Crippen LogP contribution in [0.25, 0.3) is 0 Å². The topological polar surface area (TPSA) is 55.9 Å². The van der Waals surface area contributed by atoms with Crippen LogP contribution in [0.1, 0.15) is 33.0 Å². The van der Waals surface area contributed by atoms with E-state index in [1.807, 2.05) is 12.4 Å². The van der Waals surface area contributed by atoms with E-state index in [0.29, 0.717) is 12.0 Å². The van der Waals surface area contributed by atoms with Crippen LogP contribution < -0.4 is 11.3 Å². The highest BCUT2D eigenvalue weighted by molar-refractivity contribution is 4.95. The summed E-state index contributed by atoms with van der Waals surface area (Å²) >= 11 is 0. The van der Waals surface area contributed by atoms with Crippen molar-refractivity contribution in [2.24, 2.45) is 11.8 Å². The number of hydrazine groups is 1. The van der Waals surface area contributed by atoms with Crippen LogP contribution in [0.3, 0.4) is 0 Å². The van der Waals surface area contributed by atoms with Gasteiger partial charge in [-0.05, 0) is 19.3 Å². The predicted octanol–water partition coefficient (Wildman–Crippen LogP) is 1.32. The van der Waals surface area contributed by atoms with Crippen molar-refractivity contribution in [2.75, 3.05) is 0 Å². The Morgan fingerprint density at radius 2 is 2.27 bits per heavy atom. The number of hydrogen-bond acceptors (Lipinski definition) is 3. The minimum Gasteiger partial charge on any atom is -0.335 e. The molecule has 86 valence electrons. The van der Waals surface area contributed by atoms with Crippen molar-refractivity contribution < 1.29 is 0 Å². The molecule has 0 aromatic carbocycles. The SMILES string of the molecule is CCn1ccnc1CC(CC(C)C)NN. The van der Waals surface area contributed by atoms with Gasteiger partial charge in [0.25, 0.3) is 0 Å². The second kappa shape index (κ2) is 5.88. The molecule has 0 aliphatic heterocycles. The largest absolute Gasteiger partial charge is 0.335 e. The molecule has 1 heterocycles. The average molecular weight is 210 g/mol. The molecule has 0 fully saturated rings. The fourth-order valence-corrected chi connectivity index (χ4v) is 1.82. The molecule has 3 N–H and O–H groups in total. The lowest BCUT2D eigenvalue weighted by molar-refractivity contribution is 0.412. The Balaban J connectivity index is 2.58. The molecule has 4 nitrogen and oxygen atoms in total. The Morgan fingerprint density at radius 3 is 2.80 bits per heavy atom. The van der Waals surface area contributed by atoms with Crippen LogP contribution >= 0.6 is 0 Å². The molecule has 15 heavy (non-hydrogen) atoms. The van der Waals surface area contributed by atoms with E-state index in [1.54, 1.807) is 0 Å². The quantitative estimate of drug-likeness (QED) is 0.550. The monoisotopic (exact) mass is 210 g/mol. The molecule has 1 aromatic heterocycles. The minimum atomic E-state index is 0.317. The molecule has 0 aliphatic rings. The van der Waals surface area contributed by atoms with Gasteiger partial charge in [0.2, 0.25) is 0 Å². The summed E-state index contributed by atoms with van der Waals surface area (Å²) in [6, 6.07) is 0.317. The highest BCUT2D eigenvalue weighted by Crippen LogP contribution is 2.09. The van der Waals surface area contributed by atoms with E-state index >= 15 is 0 Å². The summed E-state index contributed by atoms with van der Waals surface area (Å²) in [5, 5.41) is 0. The number of aromatic nitrogens is 2. The van der Waals surface area contributed by atoms with E-state index in [-0.39, 0.29) is 0 Å². The van der Waals surface area contributed by atoms with Crippen molar-refractivity contribution in [2.45, 2.75) is 46.2 Å². The zero-order chi connectivity index (χ0) is 11.3. The van der Waals surface area contributed by atoms with E-state index in [2.05, 4.69) is 35.7 Å². The smallest absolute Gasteiger partial charge is 0.110 e. The fourth-order valence-electron chi connectivity index (χ4n) is 1.82. The molecular weight excluding hydrogens is 188 g/mol. The van der Waals surface area contributed by atoms with Gasteiger partial charge >= 0.3 is 0 Å². The zero-order valence-electron chi connectivity index (χ0n) is 9.90. The average Bonchev–Trinajstić information content (AvgIpc) is 2.63. The standard InChI is InChI=1S/C11H22N4/c1-4-15-6-5-13-11(15)8-10(14-12)7-9(2)3/h5-6,9-10,14H,4,7-8,12H2,1-3H3. The van der Waals surface area contributed by atoms with Gasteiger partial charge < -0.3 is 4.57 Å². The molecule has 0 amide bonds. The maximum absolute atomic E-state index is 5.54. The molecule has 0 radical (unpaired) electrons. The number of aryl methyl sites for hydroxylation is 1. The van der Waals surface area contributed by atoms with Gasteiger partial charge in [-0.25, -0.2) is 4.98 Å². The molecule has 0 aliphatic carbocycles. The van der Waals surface area contributed by atoms with E-state index in [4.69, 9.17) is 5.84 Å². The van der Waals surface area contributed by atoms with Crippen LogP contribution in [-0.2, 0) is 13.0 Å². The van der Waals surface area contributed by atoms with Crippen molar-refractivity contribution in [3.63, 3.8) is 0 Å². The third-order valence-corrected chi connectivity index (χ3v) is 2.56. The van der Waals surface area contributed by atoms with Crippen LogP contribution in [0, 0.1) is 5.92 Å². The molecule has 1 aromatic rings. The molecule has 1 rings (SSSR count). The third kappa shape index (κ3) is 3.64. The van der Waals surface area contributed by atoms with Gasteiger partial charge in [0.15, 0.2) is 0 Å². The van der Waals surface area contributed by atoms with Gasteiger partial charge in [0, 0.05) is 31.4 Å². The Bertz CT molecular complexity index is 280. The fraction of sp³-hybridized carbons (Fsp3) is 0.727. The normalized spacial score (nSPS) is 13.4. The number of nitrogens with two attached hydrogens (primary N) is 1. The number of rotatable bonds is 6. The molecule has 0 saturated heterocycles. The lowest BCUT2D eigenvalue weighted by Crippen LogP contribution is -2.38. The van der Waals surface area contributed by atoms with Gasteiger partial charge in [0.05, 0.1) is 0 Å². The van der Waals surface area contributed by atoms with Gasteiger partial charge in [-0.1, -0.05) is 13.8 Å². The van der Waals surface area contributed by atoms with Crippen LogP contribution in [0.4, 0.5) is 0 Å². The first kappa shape index (κ1) is 12.2. The Labute approximate surface area is 91.8 Å². The van der Waals surface area contributed by atoms with Crippen molar-refractivity contribution in [3.8, 4) is 0 Å². The van der Waals surface area contributed by atoms with E-state index < -0.39 is 0 Å². The third-order valence-electron chi connectivity index (χ3n) is 2.56. The summed E-state index contributed by atoms with van der Waals surface area (Å²) in [6.07, 6.45) is 5.84. The molecule has 4 heteroatoms. The summed E-state index contributed by atoms with van der Waals surface area (Å²) in [4.78, 5) is 4.35. The van der Waals surface area contributed by atoms with Crippen LogP contribution in [0.5, 0.6) is 0 Å². The van der Waals surface area contributed by atoms with E-state index in [1.165, 1.54) is 0 Å². The van der Waals surface area contributed by atoms with Gasteiger partial charge in [0.1, 0.15) is 5.82 Å². The molecular formula is C11H22N4. The molecule has 0 saturated carbocycles. The van der Waals surface area contributed by atoms with Crippen molar-refractivity contribution in [1.82, 2.24) is 15.0 Å². The summed E-state index contributed by atoms with van der Waals surface area (Å²) in [5.74, 6) is 7.30. The van der Waals surface area contributed by atoms with Crippen LogP contribution in [-0.4, -0.2) is 15.6 Å². The number of nitrogens with one attached hydrogen (secondary N) is 1. The maximum Gasteiger partial charge on any atom is 0.110 e.